The molecule has 1 aromatic carbocycles. The van der Waals surface area contributed by atoms with E-state index in [-0.39, 0.29) is 0 Å². The third-order valence-corrected chi connectivity index (χ3v) is 6.20. The van der Waals surface area contributed by atoms with Gasteiger partial charge in [0.25, 0.3) is 0 Å². The van der Waals surface area contributed by atoms with Gasteiger partial charge in [0.05, 0.1) is 6.54 Å². The molecule has 3 N–H and O–H groups in total. The molecular weight excluding hydrogens is 324 g/mol. The highest BCUT2D eigenvalue weighted by atomic mass is 16.3. The van der Waals surface area contributed by atoms with Crippen LogP contribution in [0.3, 0.4) is 0 Å². The second-order valence-electron chi connectivity index (χ2n) is 8.30. The van der Waals surface area contributed by atoms with Crippen LogP contribution in [-0.4, -0.2) is 54.2 Å². The number of nitrogens with zero attached hydrogens (tertiary/aromatic N) is 2. The molecule has 0 aromatic heterocycles. The third-order valence-electron chi connectivity index (χ3n) is 6.20. The SMILES string of the molecule is CCNC(=NCC1(O)CCc2ccccc21)NC1CN(C2CC2)CC1C. The number of fused-ring (bicyclic) bond motifs is 1. The van der Waals surface area contributed by atoms with Crippen molar-refractivity contribution in [3.8, 4) is 0 Å². The van der Waals surface area contributed by atoms with Gasteiger partial charge in [-0.25, -0.2) is 4.99 Å². The van der Waals surface area contributed by atoms with Crippen molar-refractivity contribution in [1.29, 1.82) is 0 Å². The van der Waals surface area contributed by atoms with Crippen molar-refractivity contribution in [2.75, 3.05) is 26.2 Å². The molecule has 1 heterocycles. The quantitative estimate of drug-likeness (QED) is 0.557. The van der Waals surface area contributed by atoms with Crippen molar-refractivity contribution in [3.05, 3.63) is 35.4 Å². The van der Waals surface area contributed by atoms with Crippen LogP contribution < -0.4 is 10.6 Å². The molecule has 2 fully saturated rings. The maximum Gasteiger partial charge on any atom is 0.191 e. The predicted octanol–water partition coefficient (Wildman–Crippen LogP) is 1.86. The van der Waals surface area contributed by atoms with Gasteiger partial charge in [0, 0.05) is 31.7 Å². The minimum atomic E-state index is -0.833. The number of aliphatic imine (C=N–C) groups is 1. The Morgan fingerprint density at radius 1 is 1.31 bits per heavy atom. The van der Waals surface area contributed by atoms with Crippen LogP contribution in [0.2, 0.25) is 0 Å². The molecule has 1 aromatic rings. The molecule has 5 heteroatoms. The molecule has 4 rings (SSSR count). The van der Waals surface area contributed by atoms with Crippen molar-refractivity contribution in [2.24, 2.45) is 10.9 Å². The fourth-order valence-electron chi connectivity index (χ4n) is 4.47. The molecule has 0 radical (unpaired) electrons. The average molecular weight is 357 g/mol. The summed E-state index contributed by atoms with van der Waals surface area (Å²) in [6, 6.07) is 9.47. The number of likely N-dealkylation sites (tertiary alicyclic amines) is 1. The first-order valence-electron chi connectivity index (χ1n) is 10.2. The van der Waals surface area contributed by atoms with Crippen LogP contribution in [0.4, 0.5) is 0 Å². The molecule has 3 aliphatic rings. The molecule has 1 saturated heterocycles. The number of benzene rings is 1. The Balaban J connectivity index is 1.43. The summed E-state index contributed by atoms with van der Waals surface area (Å²) >= 11 is 0. The van der Waals surface area contributed by atoms with Gasteiger partial charge in [-0.1, -0.05) is 31.2 Å². The Morgan fingerprint density at radius 2 is 2.12 bits per heavy atom. The summed E-state index contributed by atoms with van der Waals surface area (Å²) in [5.41, 5.74) is 1.47. The number of aliphatic hydroxyl groups is 1. The number of nitrogens with one attached hydrogen (secondary N) is 2. The first-order valence-corrected chi connectivity index (χ1v) is 10.2. The summed E-state index contributed by atoms with van der Waals surface area (Å²) < 4.78 is 0. The third kappa shape index (κ3) is 3.60. The van der Waals surface area contributed by atoms with Crippen LogP contribution in [0.1, 0.15) is 44.2 Å². The van der Waals surface area contributed by atoms with Gasteiger partial charge in [0.2, 0.25) is 0 Å². The summed E-state index contributed by atoms with van der Waals surface area (Å²) in [6.07, 6.45) is 4.41. The van der Waals surface area contributed by atoms with E-state index >= 15 is 0 Å². The van der Waals surface area contributed by atoms with Gasteiger partial charge in [-0.3, -0.25) is 4.90 Å². The van der Waals surface area contributed by atoms with Crippen LogP contribution >= 0.6 is 0 Å². The molecular formula is C21H32N4O. The lowest BCUT2D eigenvalue weighted by Gasteiger charge is -2.24. The molecule has 142 valence electrons. The van der Waals surface area contributed by atoms with Gasteiger partial charge >= 0.3 is 0 Å². The first-order chi connectivity index (χ1) is 12.6. The molecule has 26 heavy (non-hydrogen) atoms. The van der Waals surface area contributed by atoms with E-state index in [1.807, 2.05) is 18.2 Å². The Labute approximate surface area is 156 Å². The fourth-order valence-corrected chi connectivity index (χ4v) is 4.47. The monoisotopic (exact) mass is 356 g/mol. The lowest BCUT2D eigenvalue weighted by Crippen LogP contribution is -2.47. The molecule has 0 spiro atoms. The van der Waals surface area contributed by atoms with Gasteiger partial charge in [0.15, 0.2) is 5.96 Å². The van der Waals surface area contributed by atoms with Crippen molar-refractivity contribution in [1.82, 2.24) is 15.5 Å². The predicted molar refractivity (Wildman–Crippen MR) is 105 cm³/mol. The molecule has 2 aliphatic carbocycles. The van der Waals surface area contributed by atoms with E-state index in [9.17, 15) is 5.11 Å². The minimum absolute atomic E-state index is 0.410. The normalized spacial score (nSPS) is 31.9. The highest BCUT2D eigenvalue weighted by Crippen LogP contribution is 2.37. The van der Waals surface area contributed by atoms with E-state index in [0.717, 1.165) is 43.5 Å². The van der Waals surface area contributed by atoms with Crippen LogP contribution in [0.25, 0.3) is 0 Å². The van der Waals surface area contributed by atoms with Crippen molar-refractivity contribution in [3.63, 3.8) is 0 Å². The first kappa shape index (κ1) is 17.8. The van der Waals surface area contributed by atoms with Gasteiger partial charge < -0.3 is 15.7 Å². The molecule has 1 saturated carbocycles. The highest BCUT2D eigenvalue weighted by molar-refractivity contribution is 5.80. The van der Waals surface area contributed by atoms with Gasteiger partial charge in [0.1, 0.15) is 5.60 Å². The molecule has 0 bridgehead atoms. The Kier molecular flexibility index (Phi) is 4.93. The van der Waals surface area contributed by atoms with Crippen LogP contribution in [0.5, 0.6) is 0 Å². The number of aryl methyl sites for hydroxylation is 1. The van der Waals surface area contributed by atoms with Crippen LogP contribution in [0.15, 0.2) is 29.3 Å². The second kappa shape index (κ2) is 7.20. The topological polar surface area (TPSA) is 59.9 Å². The van der Waals surface area contributed by atoms with Gasteiger partial charge in [-0.2, -0.15) is 0 Å². The standard InChI is InChI=1S/C21H32N4O/c1-3-22-20(24-19-13-25(12-15(19)2)17-8-9-17)23-14-21(26)11-10-16-6-4-5-7-18(16)21/h4-7,15,17,19,26H,3,8-14H2,1-2H3,(H2,22,23,24). The summed E-state index contributed by atoms with van der Waals surface area (Å²) in [6.45, 7) is 7.93. The molecule has 1 aliphatic heterocycles. The highest BCUT2D eigenvalue weighted by Gasteiger charge is 2.39. The maximum absolute atomic E-state index is 11.1. The Hall–Kier alpha value is -1.59. The van der Waals surface area contributed by atoms with Gasteiger partial charge in [-0.15, -0.1) is 0 Å². The van der Waals surface area contributed by atoms with Crippen molar-refractivity contribution < 1.29 is 5.11 Å². The van der Waals surface area contributed by atoms with E-state index in [1.165, 1.54) is 24.9 Å². The Bertz CT molecular complexity index is 672. The van der Waals surface area contributed by atoms with Crippen LogP contribution in [0, 0.1) is 5.92 Å². The number of rotatable bonds is 5. The zero-order valence-electron chi connectivity index (χ0n) is 16.0. The lowest BCUT2D eigenvalue weighted by molar-refractivity contribution is 0.0485. The fraction of sp³-hybridized carbons (Fsp3) is 0.667. The minimum Gasteiger partial charge on any atom is -0.383 e. The van der Waals surface area contributed by atoms with Crippen LogP contribution in [-0.2, 0) is 12.0 Å². The molecule has 3 atom stereocenters. The summed E-state index contributed by atoms with van der Waals surface area (Å²) in [4.78, 5) is 7.39. The van der Waals surface area contributed by atoms with Crippen molar-refractivity contribution in [2.45, 2.75) is 57.2 Å². The second-order valence-corrected chi connectivity index (χ2v) is 8.30. The van der Waals surface area contributed by atoms with E-state index in [1.54, 1.807) is 0 Å². The van der Waals surface area contributed by atoms with E-state index in [4.69, 9.17) is 4.99 Å². The molecule has 0 amide bonds. The van der Waals surface area contributed by atoms with E-state index in [0.29, 0.717) is 18.5 Å². The van der Waals surface area contributed by atoms with E-state index < -0.39 is 5.60 Å². The largest absolute Gasteiger partial charge is 0.383 e. The van der Waals surface area contributed by atoms with Crippen molar-refractivity contribution >= 4 is 5.96 Å². The van der Waals surface area contributed by atoms with E-state index in [2.05, 4.69) is 35.4 Å². The van der Waals surface area contributed by atoms with Gasteiger partial charge in [-0.05, 0) is 49.7 Å². The Morgan fingerprint density at radius 3 is 2.88 bits per heavy atom. The average Bonchev–Trinajstić information content (AvgIpc) is 3.35. The molecule has 3 unspecified atom stereocenters. The zero-order valence-corrected chi connectivity index (χ0v) is 16.0. The smallest absolute Gasteiger partial charge is 0.191 e. The number of guanidine groups is 1. The zero-order chi connectivity index (χ0) is 18.1. The summed E-state index contributed by atoms with van der Waals surface area (Å²) in [5, 5.41) is 18.1. The maximum atomic E-state index is 11.1. The summed E-state index contributed by atoms with van der Waals surface area (Å²) in [7, 11) is 0. The lowest BCUT2D eigenvalue weighted by atomic mass is 9.96. The number of hydrogen-bond donors (Lipinski definition) is 3. The molecule has 5 nitrogen and oxygen atoms in total. The summed E-state index contributed by atoms with van der Waals surface area (Å²) in [5.74, 6) is 1.45. The number of hydrogen-bond acceptors (Lipinski definition) is 3.